The minimum Gasteiger partial charge on any atom is -0.369 e. The predicted octanol–water partition coefficient (Wildman–Crippen LogP) is 1.45. The van der Waals surface area contributed by atoms with Gasteiger partial charge in [0.2, 0.25) is 11.8 Å². The summed E-state index contributed by atoms with van der Waals surface area (Å²) in [6.45, 7) is 0.904. The third-order valence-corrected chi connectivity index (χ3v) is 8.20. The minimum absolute atomic E-state index is 0.0410. The molecule has 0 aromatic heterocycles. The molecule has 0 bridgehead atoms. The summed E-state index contributed by atoms with van der Waals surface area (Å²) in [4.78, 5) is 56.5. The molecule has 2 aromatic rings. The summed E-state index contributed by atoms with van der Waals surface area (Å²) in [5.74, 6) is -0.980. The summed E-state index contributed by atoms with van der Waals surface area (Å²) in [5, 5.41) is 12.5. The second-order valence-corrected chi connectivity index (χ2v) is 11.2. The number of fused-ring (bicyclic) bond motifs is 2. The fraction of sp³-hybridized carbons (Fsp3) is 0.452. The van der Waals surface area contributed by atoms with Gasteiger partial charge in [0.05, 0.1) is 12.6 Å². The lowest BCUT2D eigenvalue weighted by Crippen LogP contribution is -2.46. The van der Waals surface area contributed by atoms with E-state index in [9.17, 15) is 24.4 Å². The van der Waals surface area contributed by atoms with E-state index in [1.165, 1.54) is 9.80 Å². The summed E-state index contributed by atoms with van der Waals surface area (Å²) in [5.41, 5.74) is 9.17. The van der Waals surface area contributed by atoms with Gasteiger partial charge >= 0.3 is 0 Å². The van der Waals surface area contributed by atoms with Crippen LogP contribution >= 0.6 is 0 Å². The maximum atomic E-state index is 13.6. The standard InChI is InChI=1S/C31H38N6O4/c1-35(2)28(39)22-9-11-25-20(16-22)7-8-21-17-23(29(40)36(3)4)10-12-26(21)31(25,30(33)41)13-14-34-19-27(38)37-15-5-6-24(37)18-32/h9-12,16-17,24,34H,5-8,13-15,19H2,1-4H3,(H2,33,41). The van der Waals surface area contributed by atoms with Crippen molar-refractivity contribution in [1.82, 2.24) is 20.0 Å². The van der Waals surface area contributed by atoms with Crippen molar-refractivity contribution in [2.75, 3.05) is 47.8 Å². The van der Waals surface area contributed by atoms with Crippen LogP contribution in [0, 0.1) is 11.3 Å². The Kier molecular flexibility index (Phi) is 8.78. The molecule has 216 valence electrons. The van der Waals surface area contributed by atoms with Gasteiger partial charge in [0.15, 0.2) is 0 Å². The van der Waals surface area contributed by atoms with Gasteiger partial charge in [-0.3, -0.25) is 19.2 Å². The molecule has 1 unspecified atom stereocenters. The van der Waals surface area contributed by atoms with E-state index in [0.717, 1.165) is 28.7 Å². The molecule has 1 fully saturated rings. The van der Waals surface area contributed by atoms with E-state index >= 15 is 0 Å². The average Bonchev–Trinajstić information content (AvgIpc) is 3.39. The molecule has 2 aliphatic rings. The molecule has 1 aliphatic heterocycles. The monoisotopic (exact) mass is 558 g/mol. The van der Waals surface area contributed by atoms with E-state index in [1.807, 2.05) is 24.3 Å². The number of nitrogens with two attached hydrogens (primary N) is 1. The van der Waals surface area contributed by atoms with Crippen LogP contribution in [0.15, 0.2) is 36.4 Å². The average molecular weight is 559 g/mol. The summed E-state index contributed by atoms with van der Waals surface area (Å²) in [6.07, 6.45) is 2.86. The topological polar surface area (TPSA) is 140 Å². The quantitative estimate of drug-likeness (QED) is 0.470. The number of primary amides is 1. The van der Waals surface area contributed by atoms with Gasteiger partial charge in [-0.25, -0.2) is 0 Å². The number of aryl methyl sites for hydroxylation is 2. The van der Waals surface area contributed by atoms with Crippen LogP contribution in [-0.2, 0) is 27.8 Å². The summed E-state index contributed by atoms with van der Waals surface area (Å²) in [7, 11) is 6.76. The molecule has 4 amide bonds. The van der Waals surface area contributed by atoms with Gasteiger partial charge in [0, 0.05) is 45.9 Å². The molecule has 1 heterocycles. The van der Waals surface area contributed by atoms with Gasteiger partial charge < -0.3 is 25.8 Å². The highest BCUT2D eigenvalue weighted by Gasteiger charge is 2.44. The summed E-state index contributed by atoms with van der Waals surface area (Å²) in [6, 6.07) is 12.5. The first-order valence-corrected chi connectivity index (χ1v) is 13.9. The van der Waals surface area contributed by atoms with E-state index in [-0.39, 0.29) is 30.7 Å². The van der Waals surface area contributed by atoms with Crippen LogP contribution in [0.2, 0.25) is 0 Å². The molecule has 1 atom stereocenters. The van der Waals surface area contributed by atoms with Crippen LogP contribution in [0.1, 0.15) is 62.2 Å². The third-order valence-electron chi connectivity index (χ3n) is 8.20. The zero-order chi connectivity index (χ0) is 29.9. The SMILES string of the molecule is CN(C)C(=O)c1ccc2c(c1)CCc1cc(C(=O)N(C)C)ccc1C2(CCNCC(=O)N1CCCC1C#N)C(N)=O. The number of amides is 4. The molecule has 10 nitrogen and oxygen atoms in total. The minimum atomic E-state index is -1.25. The van der Waals surface area contributed by atoms with Gasteiger partial charge in [0.25, 0.3) is 11.8 Å². The Morgan fingerprint density at radius 2 is 1.51 bits per heavy atom. The molecule has 4 rings (SSSR count). The van der Waals surface area contributed by atoms with Crippen molar-refractivity contribution < 1.29 is 19.2 Å². The zero-order valence-electron chi connectivity index (χ0n) is 24.2. The molecule has 1 aliphatic carbocycles. The third kappa shape index (κ3) is 5.68. The maximum Gasteiger partial charge on any atom is 0.253 e. The van der Waals surface area contributed by atoms with E-state index in [4.69, 9.17) is 5.73 Å². The van der Waals surface area contributed by atoms with Crippen molar-refractivity contribution in [2.45, 2.75) is 43.6 Å². The van der Waals surface area contributed by atoms with Crippen molar-refractivity contribution in [3.05, 3.63) is 69.8 Å². The van der Waals surface area contributed by atoms with Crippen LogP contribution in [0.4, 0.5) is 0 Å². The van der Waals surface area contributed by atoms with Gasteiger partial charge in [-0.15, -0.1) is 0 Å². The number of benzene rings is 2. The molecular formula is C31H38N6O4. The fourth-order valence-corrected chi connectivity index (χ4v) is 6.06. The van der Waals surface area contributed by atoms with Crippen molar-refractivity contribution in [1.29, 1.82) is 5.26 Å². The Bertz CT molecular complexity index is 1340. The smallest absolute Gasteiger partial charge is 0.253 e. The lowest BCUT2D eigenvalue weighted by molar-refractivity contribution is -0.130. The fourth-order valence-electron chi connectivity index (χ4n) is 6.06. The van der Waals surface area contributed by atoms with Gasteiger partial charge in [-0.1, -0.05) is 12.1 Å². The molecular weight excluding hydrogens is 520 g/mol. The van der Waals surface area contributed by atoms with Crippen molar-refractivity contribution in [2.24, 2.45) is 5.73 Å². The zero-order valence-corrected chi connectivity index (χ0v) is 24.2. The number of carbonyl (C=O) groups excluding carboxylic acids is 4. The molecule has 1 saturated heterocycles. The highest BCUT2D eigenvalue weighted by molar-refractivity contribution is 5.97. The maximum absolute atomic E-state index is 13.6. The van der Waals surface area contributed by atoms with Crippen molar-refractivity contribution in [3.8, 4) is 6.07 Å². The predicted molar refractivity (Wildman–Crippen MR) is 154 cm³/mol. The second-order valence-electron chi connectivity index (χ2n) is 11.2. The number of carbonyl (C=O) groups is 4. The number of rotatable bonds is 8. The Labute approximate surface area is 241 Å². The lowest BCUT2D eigenvalue weighted by atomic mass is 9.69. The van der Waals surface area contributed by atoms with Crippen LogP contribution in [0.3, 0.4) is 0 Å². The Hall–Kier alpha value is -4.23. The van der Waals surface area contributed by atoms with Crippen LogP contribution in [0.25, 0.3) is 0 Å². The molecule has 3 N–H and O–H groups in total. The Morgan fingerprint density at radius 3 is 1.98 bits per heavy atom. The van der Waals surface area contributed by atoms with E-state index in [0.29, 0.717) is 43.5 Å². The molecule has 0 radical (unpaired) electrons. The number of nitrogens with zero attached hydrogens (tertiary/aromatic N) is 4. The molecule has 0 saturated carbocycles. The van der Waals surface area contributed by atoms with Crippen molar-refractivity contribution >= 4 is 23.6 Å². The first-order valence-electron chi connectivity index (χ1n) is 13.9. The highest BCUT2D eigenvalue weighted by Crippen LogP contribution is 2.43. The first-order chi connectivity index (χ1) is 19.5. The summed E-state index contributed by atoms with van der Waals surface area (Å²) >= 11 is 0. The number of nitriles is 1. The number of nitrogens with one attached hydrogen (secondary N) is 1. The largest absolute Gasteiger partial charge is 0.369 e. The van der Waals surface area contributed by atoms with E-state index in [1.54, 1.807) is 45.2 Å². The highest BCUT2D eigenvalue weighted by atomic mass is 16.2. The first kappa shape index (κ1) is 29.7. The van der Waals surface area contributed by atoms with Crippen LogP contribution < -0.4 is 11.1 Å². The number of hydrogen-bond acceptors (Lipinski definition) is 6. The van der Waals surface area contributed by atoms with Gasteiger partial charge in [0.1, 0.15) is 11.5 Å². The Morgan fingerprint density at radius 1 is 0.976 bits per heavy atom. The van der Waals surface area contributed by atoms with E-state index < -0.39 is 17.4 Å². The number of hydrogen-bond donors (Lipinski definition) is 2. The molecule has 2 aromatic carbocycles. The normalized spacial score (nSPS) is 17.0. The second kappa shape index (κ2) is 12.1. The molecule has 0 spiro atoms. The molecule has 41 heavy (non-hydrogen) atoms. The van der Waals surface area contributed by atoms with E-state index in [2.05, 4.69) is 11.4 Å². The summed E-state index contributed by atoms with van der Waals surface area (Å²) < 4.78 is 0. The van der Waals surface area contributed by atoms with Crippen LogP contribution in [-0.4, -0.2) is 92.2 Å². The lowest BCUT2D eigenvalue weighted by Gasteiger charge is -2.34. The van der Waals surface area contributed by atoms with Gasteiger partial charge in [-0.2, -0.15) is 5.26 Å². The van der Waals surface area contributed by atoms with Gasteiger partial charge in [-0.05, 0) is 85.2 Å². The van der Waals surface area contributed by atoms with Crippen LogP contribution in [0.5, 0.6) is 0 Å². The van der Waals surface area contributed by atoms with Crippen molar-refractivity contribution in [3.63, 3.8) is 0 Å². The Balaban J connectivity index is 1.72. The number of likely N-dealkylation sites (tertiary alicyclic amines) is 1. The molecule has 10 heteroatoms.